The average Bonchev–Trinajstić information content (AvgIpc) is 2.98. The van der Waals surface area contributed by atoms with E-state index in [-0.39, 0.29) is 5.78 Å². The molecule has 0 aliphatic rings. The molecule has 4 N–H and O–H groups in total. The number of anilines is 2. The van der Waals surface area contributed by atoms with Crippen molar-refractivity contribution in [3.8, 4) is 5.75 Å². The Kier molecular flexibility index (Phi) is 10.1. The highest BCUT2D eigenvalue weighted by Gasteiger charge is 2.08. The van der Waals surface area contributed by atoms with Crippen LogP contribution in [0.1, 0.15) is 56.7 Å². The van der Waals surface area contributed by atoms with Gasteiger partial charge in [0.1, 0.15) is 5.75 Å². The van der Waals surface area contributed by atoms with Crippen LogP contribution in [0.2, 0.25) is 0 Å². The highest BCUT2D eigenvalue weighted by Crippen LogP contribution is 2.18. The van der Waals surface area contributed by atoms with Gasteiger partial charge < -0.3 is 20.9 Å². The molecule has 6 nitrogen and oxygen atoms in total. The van der Waals surface area contributed by atoms with E-state index in [9.17, 15) is 9.59 Å². The summed E-state index contributed by atoms with van der Waals surface area (Å²) in [5.74, 6) is 0.431. The number of rotatable bonds is 13. The zero-order valence-corrected chi connectivity index (χ0v) is 22.4. The molecule has 0 aromatic heterocycles. The lowest BCUT2D eigenvalue weighted by Gasteiger charge is -2.09. The number of allylic oxidation sites excluding steroid dienone is 1. The smallest absolute Gasteiger partial charge is 0.338 e. The van der Waals surface area contributed by atoms with Crippen LogP contribution in [0, 0.1) is 0 Å². The molecule has 0 atom stereocenters. The Bertz CT molecular complexity index is 1430. The van der Waals surface area contributed by atoms with Gasteiger partial charge >= 0.3 is 5.97 Å². The van der Waals surface area contributed by atoms with Gasteiger partial charge in [-0.25, -0.2) is 4.79 Å². The van der Waals surface area contributed by atoms with Crippen LogP contribution in [0.4, 0.5) is 11.4 Å². The van der Waals surface area contributed by atoms with Crippen molar-refractivity contribution in [2.45, 2.75) is 25.7 Å². The SMILES string of the molecule is Nc1ccc(C(=O)OCCCCCOc2ccc(Cc3ccc(/C=C/C(=O)c4ccccc4)cc3)cc2)cc1N. The molecule has 4 rings (SSSR count). The van der Waals surface area contributed by atoms with Crippen LogP contribution in [0.3, 0.4) is 0 Å². The predicted molar refractivity (Wildman–Crippen MR) is 160 cm³/mol. The number of unbranched alkanes of at least 4 members (excludes halogenated alkanes) is 2. The third kappa shape index (κ3) is 8.60. The second-order valence-electron chi connectivity index (χ2n) is 9.51. The first kappa shape index (κ1) is 28.2. The third-order valence-corrected chi connectivity index (χ3v) is 6.41. The molecule has 0 saturated carbocycles. The fourth-order valence-electron chi connectivity index (χ4n) is 4.08. The molecule has 4 aromatic carbocycles. The maximum atomic E-state index is 12.2. The van der Waals surface area contributed by atoms with E-state index in [4.69, 9.17) is 20.9 Å². The number of carbonyl (C=O) groups excluding carboxylic acids is 2. The largest absolute Gasteiger partial charge is 0.494 e. The molecule has 204 valence electrons. The number of carbonyl (C=O) groups is 2. The van der Waals surface area contributed by atoms with Crippen molar-refractivity contribution in [3.05, 3.63) is 131 Å². The van der Waals surface area contributed by atoms with Crippen molar-refractivity contribution >= 4 is 29.2 Å². The zero-order chi connectivity index (χ0) is 28.2. The molecule has 0 unspecified atom stereocenters. The van der Waals surface area contributed by atoms with E-state index in [1.165, 1.54) is 17.2 Å². The minimum absolute atomic E-state index is 0.00535. The van der Waals surface area contributed by atoms with Gasteiger partial charge in [0.15, 0.2) is 5.78 Å². The van der Waals surface area contributed by atoms with Crippen molar-refractivity contribution < 1.29 is 19.1 Å². The number of nitrogens with two attached hydrogens (primary N) is 2. The lowest BCUT2D eigenvalue weighted by atomic mass is 10.0. The minimum atomic E-state index is -0.397. The van der Waals surface area contributed by atoms with Crippen LogP contribution in [0.5, 0.6) is 5.75 Å². The summed E-state index contributed by atoms with van der Waals surface area (Å²) in [6, 6.07) is 30.3. The lowest BCUT2D eigenvalue weighted by Crippen LogP contribution is -2.08. The molecule has 0 heterocycles. The van der Waals surface area contributed by atoms with Crippen LogP contribution < -0.4 is 16.2 Å². The summed E-state index contributed by atoms with van der Waals surface area (Å²) in [4.78, 5) is 24.3. The number of ketones is 1. The number of ether oxygens (including phenoxy) is 2. The van der Waals surface area contributed by atoms with Gasteiger partial charge in [0.2, 0.25) is 0 Å². The van der Waals surface area contributed by atoms with Crippen molar-refractivity contribution in [2.75, 3.05) is 24.7 Å². The number of esters is 1. The standard InChI is InChI=1S/C34H34N2O4/c35-31-19-16-29(24-32(31)36)34(38)40-22-6-2-5-21-39-30-17-13-27(14-18-30)23-26-11-9-25(10-12-26)15-20-33(37)28-7-3-1-4-8-28/h1,3-4,7-20,24H,2,5-6,21-23,35-36H2/b20-15+. The molecule has 6 heteroatoms. The van der Waals surface area contributed by atoms with Crippen LogP contribution >= 0.6 is 0 Å². The fraction of sp³-hybridized carbons (Fsp3) is 0.176. The van der Waals surface area contributed by atoms with Crippen LogP contribution in [0.25, 0.3) is 6.08 Å². The van der Waals surface area contributed by atoms with Gasteiger partial charge in [-0.2, -0.15) is 0 Å². The van der Waals surface area contributed by atoms with Crippen molar-refractivity contribution in [1.82, 2.24) is 0 Å². The van der Waals surface area contributed by atoms with E-state index in [2.05, 4.69) is 24.3 Å². The molecule has 0 amide bonds. The number of nitrogen functional groups attached to an aromatic ring is 2. The molecular weight excluding hydrogens is 500 g/mol. The summed E-state index contributed by atoms with van der Waals surface area (Å²) in [7, 11) is 0. The number of hydrogen-bond acceptors (Lipinski definition) is 6. The summed E-state index contributed by atoms with van der Waals surface area (Å²) in [5, 5.41) is 0. The van der Waals surface area contributed by atoms with E-state index < -0.39 is 5.97 Å². The first-order valence-corrected chi connectivity index (χ1v) is 13.4. The van der Waals surface area contributed by atoms with Crippen molar-refractivity contribution in [1.29, 1.82) is 0 Å². The molecule has 0 aliphatic heterocycles. The number of benzene rings is 4. The molecular formula is C34H34N2O4. The van der Waals surface area contributed by atoms with Gasteiger partial charge in [-0.15, -0.1) is 0 Å². The molecule has 0 saturated heterocycles. The Morgan fingerprint density at radius 2 is 1.35 bits per heavy atom. The lowest BCUT2D eigenvalue weighted by molar-refractivity contribution is 0.0497. The van der Waals surface area contributed by atoms with Crippen molar-refractivity contribution in [2.24, 2.45) is 0 Å². The van der Waals surface area contributed by atoms with E-state index in [1.54, 1.807) is 18.2 Å². The molecule has 0 bridgehead atoms. The van der Waals surface area contributed by atoms with Gasteiger partial charge in [0.25, 0.3) is 0 Å². The topological polar surface area (TPSA) is 105 Å². The van der Waals surface area contributed by atoms with Gasteiger partial charge in [-0.05, 0) is 78.8 Å². The molecule has 0 spiro atoms. The molecule has 40 heavy (non-hydrogen) atoms. The van der Waals surface area contributed by atoms with Gasteiger partial charge in [0.05, 0.1) is 30.2 Å². The van der Waals surface area contributed by atoms with Crippen molar-refractivity contribution in [3.63, 3.8) is 0 Å². The number of hydrogen-bond donors (Lipinski definition) is 2. The van der Waals surface area contributed by atoms with Gasteiger partial charge in [-0.1, -0.05) is 72.8 Å². The normalized spacial score (nSPS) is 10.9. The zero-order valence-electron chi connectivity index (χ0n) is 22.4. The molecule has 4 aromatic rings. The Morgan fingerprint density at radius 1 is 0.675 bits per heavy atom. The van der Waals surface area contributed by atoms with E-state index in [0.717, 1.165) is 37.0 Å². The molecule has 0 fully saturated rings. The Hall–Kier alpha value is -4.84. The molecule has 0 aliphatic carbocycles. The van der Waals surface area contributed by atoms with E-state index in [0.29, 0.717) is 35.7 Å². The summed E-state index contributed by atoms with van der Waals surface area (Å²) >= 11 is 0. The first-order chi connectivity index (χ1) is 19.5. The average molecular weight is 535 g/mol. The summed E-state index contributed by atoms with van der Waals surface area (Å²) in [6.45, 7) is 0.949. The first-order valence-electron chi connectivity index (χ1n) is 13.4. The van der Waals surface area contributed by atoms with E-state index >= 15 is 0 Å². The quantitative estimate of drug-likeness (QED) is 0.0647. The predicted octanol–water partition coefficient (Wildman–Crippen LogP) is 6.74. The highest BCUT2D eigenvalue weighted by molar-refractivity contribution is 6.06. The fourth-order valence-corrected chi connectivity index (χ4v) is 4.08. The summed E-state index contributed by atoms with van der Waals surface area (Å²) in [5.41, 5.74) is 16.7. The Morgan fingerprint density at radius 3 is 2.05 bits per heavy atom. The van der Waals surface area contributed by atoms with Crippen LogP contribution in [-0.4, -0.2) is 25.0 Å². The summed E-state index contributed by atoms with van der Waals surface area (Å²) < 4.78 is 11.2. The second kappa shape index (κ2) is 14.4. The monoisotopic (exact) mass is 534 g/mol. The van der Waals surface area contributed by atoms with E-state index in [1.807, 2.05) is 60.7 Å². The van der Waals surface area contributed by atoms with Gasteiger partial charge in [-0.3, -0.25) is 4.79 Å². The maximum absolute atomic E-state index is 12.2. The maximum Gasteiger partial charge on any atom is 0.338 e. The highest BCUT2D eigenvalue weighted by atomic mass is 16.5. The minimum Gasteiger partial charge on any atom is -0.494 e. The van der Waals surface area contributed by atoms with Gasteiger partial charge in [0, 0.05) is 5.56 Å². The summed E-state index contributed by atoms with van der Waals surface area (Å²) in [6.07, 6.45) is 6.78. The Labute approximate surface area is 235 Å². The third-order valence-electron chi connectivity index (χ3n) is 6.41. The van der Waals surface area contributed by atoms with Crippen LogP contribution in [-0.2, 0) is 11.2 Å². The Balaban J connectivity index is 1.12. The molecule has 0 radical (unpaired) electrons. The van der Waals surface area contributed by atoms with Crippen LogP contribution in [0.15, 0.2) is 103 Å². The second-order valence-corrected chi connectivity index (χ2v) is 9.51.